The molecule has 8 nitrogen and oxygen atoms in total. The lowest BCUT2D eigenvalue weighted by Gasteiger charge is -2.29. The van der Waals surface area contributed by atoms with Gasteiger partial charge in [-0.25, -0.2) is 5.06 Å². The van der Waals surface area contributed by atoms with Crippen LogP contribution in [0.4, 0.5) is 0 Å². The molecule has 1 fully saturated rings. The average Bonchev–Trinajstić information content (AvgIpc) is 2.41. The van der Waals surface area contributed by atoms with Gasteiger partial charge in [0.25, 0.3) is 0 Å². The van der Waals surface area contributed by atoms with Crippen LogP contribution in [0.5, 0.6) is 0 Å². The van der Waals surface area contributed by atoms with Gasteiger partial charge >= 0.3 is 10.4 Å². The van der Waals surface area contributed by atoms with Crippen molar-refractivity contribution in [3.8, 4) is 0 Å². The topological polar surface area (TPSA) is 113 Å². The second-order valence-corrected chi connectivity index (χ2v) is 5.18. The third-order valence-corrected chi connectivity index (χ3v) is 3.26. The van der Waals surface area contributed by atoms with Crippen molar-refractivity contribution in [1.82, 2.24) is 9.96 Å². The van der Waals surface area contributed by atoms with Crippen LogP contribution in [0.2, 0.25) is 0 Å². The Bertz CT molecular complexity index is 540. The van der Waals surface area contributed by atoms with Gasteiger partial charge in [0.05, 0.1) is 6.04 Å². The number of carbonyl (C=O) groups is 1. The number of nitrogens with zero attached hydrogens (tertiary/aromatic N) is 2. The van der Waals surface area contributed by atoms with Gasteiger partial charge in [0, 0.05) is 6.54 Å². The summed E-state index contributed by atoms with van der Waals surface area (Å²) in [5.74, 6) is -0.397. The Hall–Kier alpha value is -1.58. The lowest BCUT2D eigenvalue weighted by molar-refractivity contribution is -0.121. The molecule has 1 saturated heterocycles. The monoisotopic (exact) mass is 275 g/mol. The Balaban J connectivity index is 2.33. The fraction of sp³-hybridized carbons (Fsp3) is 0.444. The van der Waals surface area contributed by atoms with Crippen molar-refractivity contribution in [3.05, 3.63) is 24.0 Å². The van der Waals surface area contributed by atoms with Crippen molar-refractivity contribution in [3.63, 3.8) is 0 Å². The second-order valence-electron chi connectivity index (χ2n) is 4.18. The Labute approximate surface area is 104 Å². The fourth-order valence-electron chi connectivity index (χ4n) is 2.29. The number of nitrogens with two attached hydrogens (primary N) is 1. The van der Waals surface area contributed by atoms with Gasteiger partial charge in [0.1, 0.15) is 11.9 Å². The maximum absolute atomic E-state index is 11.4. The zero-order valence-corrected chi connectivity index (χ0v) is 10.4. The normalized spacial score (nSPS) is 27.4. The summed E-state index contributed by atoms with van der Waals surface area (Å²) in [6.07, 6.45) is 1.66. The molecule has 2 heterocycles. The van der Waals surface area contributed by atoms with Gasteiger partial charge in [0.2, 0.25) is 5.91 Å². The molecule has 0 radical (unpaired) electrons. The summed E-state index contributed by atoms with van der Waals surface area (Å²) < 4.78 is 34.6. The lowest BCUT2D eigenvalue weighted by Crippen LogP contribution is -2.45. The standard InChI is InChI=1S/C9H13N3O5S/c1-5-3-7-4-11(8(5)9(10)13)6(2)12(7)17-18(14,15)16/h3,7-8H,2,4H2,1H3,(H2,10,13)(H,14,15,16)/t7-,8+/m1/s1. The van der Waals surface area contributed by atoms with Gasteiger partial charge in [-0.1, -0.05) is 12.7 Å². The molecule has 2 aliphatic heterocycles. The molecule has 2 atom stereocenters. The summed E-state index contributed by atoms with van der Waals surface area (Å²) in [7, 11) is -4.64. The van der Waals surface area contributed by atoms with E-state index >= 15 is 0 Å². The first kappa shape index (κ1) is 12.9. The van der Waals surface area contributed by atoms with Crippen molar-refractivity contribution in [2.24, 2.45) is 5.73 Å². The van der Waals surface area contributed by atoms with Gasteiger partial charge in [0.15, 0.2) is 0 Å². The first-order valence-electron chi connectivity index (χ1n) is 5.10. The number of rotatable bonds is 3. The molecule has 0 aromatic heterocycles. The molecule has 18 heavy (non-hydrogen) atoms. The highest BCUT2D eigenvalue weighted by atomic mass is 32.3. The zero-order chi connectivity index (χ0) is 13.7. The Morgan fingerprint density at radius 2 is 2.28 bits per heavy atom. The van der Waals surface area contributed by atoms with E-state index < -0.39 is 28.4 Å². The van der Waals surface area contributed by atoms with E-state index in [1.165, 1.54) is 4.90 Å². The average molecular weight is 275 g/mol. The minimum Gasteiger partial charge on any atom is -0.368 e. The Morgan fingerprint density at radius 1 is 1.67 bits per heavy atom. The summed E-state index contributed by atoms with van der Waals surface area (Å²) in [5.41, 5.74) is 5.97. The maximum Gasteiger partial charge on any atom is 0.418 e. The van der Waals surface area contributed by atoms with Crippen LogP contribution in [0.3, 0.4) is 0 Å². The molecular weight excluding hydrogens is 262 g/mol. The molecule has 0 spiro atoms. The van der Waals surface area contributed by atoms with E-state index in [2.05, 4.69) is 10.9 Å². The largest absolute Gasteiger partial charge is 0.418 e. The summed E-state index contributed by atoms with van der Waals surface area (Å²) in [6, 6.07) is -1.11. The van der Waals surface area contributed by atoms with E-state index in [-0.39, 0.29) is 5.82 Å². The van der Waals surface area contributed by atoms with Crippen molar-refractivity contribution >= 4 is 16.3 Å². The highest BCUT2D eigenvalue weighted by Crippen LogP contribution is 2.34. The van der Waals surface area contributed by atoms with Gasteiger partial charge < -0.3 is 10.6 Å². The number of hydrogen-bond acceptors (Lipinski definition) is 6. The predicted molar refractivity (Wildman–Crippen MR) is 60.8 cm³/mol. The van der Waals surface area contributed by atoms with Crippen LogP contribution in [-0.4, -0.2) is 47.5 Å². The molecule has 0 aromatic rings. The van der Waals surface area contributed by atoms with Crippen LogP contribution < -0.4 is 5.73 Å². The molecule has 0 aliphatic carbocycles. The number of fused-ring (bicyclic) bond motifs is 2. The van der Waals surface area contributed by atoms with E-state index in [9.17, 15) is 13.2 Å². The van der Waals surface area contributed by atoms with Gasteiger partial charge in [-0.05, 0) is 12.5 Å². The van der Waals surface area contributed by atoms with Crippen molar-refractivity contribution in [2.75, 3.05) is 6.54 Å². The molecule has 2 bridgehead atoms. The quantitative estimate of drug-likeness (QED) is 0.501. The zero-order valence-electron chi connectivity index (χ0n) is 9.61. The molecule has 0 aromatic carbocycles. The third kappa shape index (κ3) is 2.07. The molecule has 2 rings (SSSR count). The third-order valence-electron chi connectivity index (χ3n) is 2.91. The summed E-state index contributed by atoms with van der Waals surface area (Å²) >= 11 is 0. The number of hydrogen-bond donors (Lipinski definition) is 2. The number of hydroxylamine groups is 2. The first-order chi connectivity index (χ1) is 8.20. The molecule has 100 valence electrons. The minimum absolute atomic E-state index is 0.162. The Kier molecular flexibility index (Phi) is 2.84. The molecule has 0 unspecified atom stereocenters. The van der Waals surface area contributed by atoms with Crippen LogP contribution in [0.25, 0.3) is 0 Å². The van der Waals surface area contributed by atoms with Crippen LogP contribution in [0, 0.1) is 0 Å². The highest BCUT2D eigenvalue weighted by molar-refractivity contribution is 7.80. The fourth-order valence-corrected chi connectivity index (χ4v) is 2.69. The molecular formula is C9H13N3O5S. The summed E-state index contributed by atoms with van der Waals surface area (Å²) in [6.45, 7) is 5.67. The van der Waals surface area contributed by atoms with Crippen LogP contribution >= 0.6 is 0 Å². The second kappa shape index (κ2) is 3.97. The van der Waals surface area contributed by atoms with Gasteiger partial charge in [-0.2, -0.15) is 8.42 Å². The predicted octanol–water partition coefficient (Wildman–Crippen LogP) is -1.01. The van der Waals surface area contributed by atoms with Gasteiger partial charge in [-0.3, -0.25) is 9.35 Å². The van der Waals surface area contributed by atoms with Crippen molar-refractivity contribution in [1.29, 1.82) is 0 Å². The van der Waals surface area contributed by atoms with Gasteiger partial charge in [-0.15, -0.1) is 4.28 Å². The minimum atomic E-state index is -4.64. The SMILES string of the molecule is C=C1N2C[C@@H](C=C(C)[C@H]2C(N)=O)N1OS(=O)(=O)O. The number of primary amides is 1. The van der Waals surface area contributed by atoms with Crippen molar-refractivity contribution < 1.29 is 22.0 Å². The van der Waals surface area contributed by atoms with E-state index in [1.807, 2.05) is 0 Å². The summed E-state index contributed by atoms with van der Waals surface area (Å²) in [5, 5.41) is 0.946. The smallest absolute Gasteiger partial charge is 0.368 e. The van der Waals surface area contributed by atoms with Crippen LogP contribution in [0.15, 0.2) is 24.0 Å². The Morgan fingerprint density at radius 3 is 2.78 bits per heavy atom. The van der Waals surface area contributed by atoms with E-state index in [4.69, 9.17) is 10.3 Å². The molecule has 3 N–H and O–H groups in total. The maximum atomic E-state index is 11.4. The molecule has 9 heteroatoms. The number of amides is 1. The van der Waals surface area contributed by atoms with Crippen LogP contribution in [-0.2, 0) is 19.5 Å². The first-order valence-corrected chi connectivity index (χ1v) is 6.46. The molecule has 2 aliphatic rings. The van der Waals surface area contributed by atoms with E-state index in [0.717, 1.165) is 5.06 Å². The van der Waals surface area contributed by atoms with Crippen molar-refractivity contribution in [2.45, 2.75) is 19.0 Å². The lowest BCUT2D eigenvalue weighted by atomic mass is 10.0. The van der Waals surface area contributed by atoms with E-state index in [0.29, 0.717) is 12.1 Å². The highest BCUT2D eigenvalue weighted by Gasteiger charge is 2.44. The van der Waals surface area contributed by atoms with E-state index in [1.54, 1.807) is 13.0 Å². The summed E-state index contributed by atoms with van der Waals surface area (Å²) in [4.78, 5) is 12.9. The van der Waals surface area contributed by atoms with Crippen LogP contribution in [0.1, 0.15) is 6.92 Å². The molecule has 0 saturated carbocycles. The number of carbonyl (C=O) groups excluding carboxylic acids is 1. The molecule has 1 amide bonds.